The maximum atomic E-state index is 11.5. The summed E-state index contributed by atoms with van der Waals surface area (Å²) in [6.07, 6.45) is 1.62. The molecule has 0 N–H and O–H groups in total. The summed E-state index contributed by atoms with van der Waals surface area (Å²) in [4.78, 5) is 0.987. The van der Waals surface area contributed by atoms with Gasteiger partial charge in [0.2, 0.25) is 0 Å². The van der Waals surface area contributed by atoms with E-state index in [0.717, 1.165) is 15.2 Å². The fourth-order valence-corrected chi connectivity index (χ4v) is 1.97. The first-order valence-corrected chi connectivity index (χ1v) is 5.58. The summed E-state index contributed by atoms with van der Waals surface area (Å²) in [7, 11) is 0. The Labute approximate surface area is 92.7 Å². The Kier molecular flexibility index (Phi) is 3.15. The van der Waals surface area contributed by atoms with Crippen molar-refractivity contribution in [3.05, 3.63) is 63.5 Å². The molecule has 1 aromatic carbocycles. The van der Waals surface area contributed by atoms with Crippen molar-refractivity contribution in [3.63, 3.8) is 0 Å². The zero-order valence-corrected chi connectivity index (χ0v) is 8.98. The monoisotopic (exact) mass is 217 g/mol. The van der Waals surface area contributed by atoms with E-state index in [9.17, 15) is 5.21 Å². The highest BCUT2D eigenvalue weighted by Gasteiger charge is 1.98. The topological polar surface area (TPSA) is 26.1 Å². The summed E-state index contributed by atoms with van der Waals surface area (Å²) in [6.45, 7) is 0.402. The first-order valence-electron chi connectivity index (χ1n) is 4.71. The lowest BCUT2D eigenvalue weighted by atomic mass is 10.2. The smallest absolute Gasteiger partial charge is 0.192 e. The predicted molar refractivity (Wildman–Crippen MR) is 63.3 cm³/mol. The molecule has 1 heterocycles. The van der Waals surface area contributed by atoms with Gasteiger partial charge >= 0.3 is 0 Å². The fourth-order valence-electron chi connectivity index (χ4n) is 1.32. The highest BCUT2D eigenvalue weighted by atomic mass is 32.1. The maximum Gasteiger partial charge on any atom is 0.192 e. The number of hydrogen-bond donors (Lipinski definition) is 0. The average molecular weight is 217 g/mol. The van der Waals surface area contributed by atoms with Gasteiger partial charge in [-0.25, -0.2) is 4.74 Å². The Morgan fingerprint density at radius 2 is 1.93 bits per heavy atom. The molecule has 0 aliphatic carbocycles. The maximum absolute atomic E-state index is 11.5. The Morgan fingerprint density at radius 3 is 2.60 bits per heavy atom. The summed E-state index contributed by atoms with van der Waals surface area (Å²) >= 11 is 1.56. The van der Waals surface area contributed by atoms with Crippen molar-refractivity contribution in [3.8, 4) is 0 Å². The van der Waals surface area contributed by atoms with Crippen molar-refractivity contribution in [2.24, 2.45) is 0 Å². The van der Waals surface area contributed by atoms with Gasteiger partial charge in [0, 0.05) is 5.56 Å². The molecule has 0 unspecified atom stereocenters. The second kappa shape index (κ2) is 4.75. The third kappa shape index (κ3) is 2.92. The van der Waals surface area contributed by atoms with Gasteiger partial charge < -0.3 is 5.21 Å². The number of benzene rings is 1. The highest BCUT2D eigenvalue weighted by molar-refractivity contribution is 7.11. The van der Waals surface area contributed by atoms with Crippen LogP contribution in [0.5, 0.6) is 0 Å². The molecule has 0 spiro atoms. The quantitative estimate of drug-likeness (QED) is 0.336. The lowest BCUT2D eigenvalue weighted by Crippen LogP contribution is -2.04. The van der Waals surface area contributed by atoms with E-state index in [0.29, 0.717) is 6.54 Å². The minimum Gasteiger partial charge on any atom is -0.624 e. The van der Waals surface area contributed by atoms with Crippen LogP contribution in [0.3, 0.4) is 0 Å². The predicted octanol–water partition coefficient (Wildman–Crippen LogP) is 2.88. The average Bonchev–Trinajstić information content (AvgIpc) is 2.71. The van der Waals surface area contributed by atoms with Crippen LogP contribution < -0.4 is 0 Å². The minimum atomic E-state index is 0.402. The van der Waals surface area contributed by atoms with Crippen molar-refractivity contribution in [2.45, 2.75) is 6.54 Å². The zero-order chi connectivity index (χ0) is 10.5. The number of nitrogens with zero attached hydrogens (tertiary/aromatic N) is 1. The molecular weight excluding hydrogens is 206 g/mol. The summed E-state index contributed by atoms with van der Waals surface area (Å²) in [5.41, 5.74) is 1.03. The standard InChI is InChI=1S/C12H11NOS/c14-13(10-12-7-4-8-15-12)9-11-5-2-1-3-6-11/h1-8,10H,9H2/b13-10-. The number of thiophene rings is 1. The van der Waals surface area contributed by atoms with E-state index < -0.39 is 0 Å². The molecule has 0 saturated carbocycles. The second-order valence-corrected chi connectivity index (χ2v) is 4.18. The molecule has 0 aliphatic heterocycles. The van der Waals surface area contributed by atoms with Gasteiger partial charge in [-0.2, -0.15) is 0 Å². The Hall–Kier alpha value is -1.61. The molecule has 0 fully saturated rings. The molecule has 0 atom stereocenters. The molecule has 0 amide bonds. The lowest BCUT2D eigenvalue weighted by molar-refractivity contribution is -0.469. The van der Waals surface area contributed by atoms with Gasteiger partial charge in [-0.3, -0.25) is 0 Å². The highest BCUT2D eigenvalue weighted by Crippen LogP contribution is 2.06. The van der Waals surface area contributed by atoms with Crippen LogP contribution in [0.1, 0.15) is 10.4 Å². The van der Waals surface area contributed by atoms with Crippen LogP contribution in [0, 0.1) is 5.21 Å². The summed E-state index contributed by atoms with van der Waals surface area (Å²) in [5, 5.41) is 13.5. The number of hydrogen-bond acceptors (Lipinski definition) is 2. The lowest BCUT2D eigenvalue weighted by Gasteiger charge is -2.02. The second-order valence-electron chi connectivity index (χ2n) is 3.21. The Bertz CT molecular complexity index is 434. The van der Waals surface area contributed by atoms with Crippen LogP contribution in [0.25, 0.3) is 0 Å². The van der Waals surface area contributed by atoms with Gasteiger partial charge in [0.05, 0.1) is 4.88 Å². The van der Waals surface area contributed by atoms with E-state index in [1.54, 1.807) is 17.6 Å². The molecule has 3 heteroatoms. The molecule has 1 aromatic heterocycles. The van der Waals surface area contributed by atoms with Crippen molar-refractivity contribution in [2.75, 3.05) is 0 Å². The van der Waals surface area contributed by atoms with Crippen LogP contribution in [0.4, 0.5) is 0 Å². The SMILES string of the molecule is [O-]/[N+](=C\c1cccs1)Cc1ccccc1. The van der Waals surface area contributed by atoms with E-state index >= 15 is 0 Å². The van der Waals surface area contributed by atoms with Gasteiger partial charge in [0.15, 0.2) is 12.8 Å². The van der Waals surface area contributed by atoms with Crippen LogP contribution in [0.15, 0.2) is 47.8 Å². The Morgan fingerprint density at radius 1 is 1.13 bits per heavy atom. The van der Waals surface area contributed by atoms with E-state index in [4.69, 9.17) is 0 Å². The molecule has 0 saturated heterocycles. The van der Waals surface area contributed by atoms with E-state index in [1.807, 2.05) is 47.8 Å². The van der Waals surface area contributed by atoms with E-state index in [-0.39, 0.29) is 0 Å². The third-order valence-electron chi connectivity index (χ3n) is 2.00. The van der Waals surface area contributed by atoms with Crippen molar-refractivity contribution in [1.29, 1.82) is 0 Å². The largest absolute Gasteiger partial charge is 0.624 e. The molecule has 2 aromatic rings. The molecule has 15 heavy (non-hydrogen) atoms. The molecule has 0 aliphatic rings. The normalized spacial score (nSPS) is 11.6. The zero-order valence-electron chi connectivity index (χ0n) is 8.17. The first kappa shape index (κ1) is 9.93. The summed E-state index contributed by atoms with van der Waals surface area (Å²) in [5.74, 6) is 0. The molecule has 2 rings (SSSR count). The van der Waals surface area contributed by atoms with E-state index in [1.165, 1.54) is 0 Å². The van der Waals surface area contributed by atoms with Gasteiger partial charge in [-0.15, -0.1) is 11.3 Å². The molecular formula is C12H11NOS. The van der Waals surface area contributed by atoms with Crippen LogP contribution >= 0.6 is 11.3 Å². The van der Waals surface area contributed by atoms with Crippen LogP contribution in [-0.2, 0) is 6.54 Å². The molecule has 2 nitrogen and oxygen atoms in total. The molecule has 0 bridgehead atoms. The fraction of sp³-hybridized carbons (Fsp3) is 0.0833. The van der Waals surface area contributed by atoms with Crippen molar-refractivity contribution in [1.82, 2.24) is 0 Å². The number of hydroxylamine groups is 1. The summed E-state index contributed by atoms with van der Waals surface area (Å²) in [6, 6.07) is 13.6. The van der Waals surface area contributed by atoms with Crippen LogP contribution in [-0.4, -0.2) is 11.0 Å². The van der Waals surface area contributed by atoms with Crippen molar-refractivity contribution >= 4 is 17.6 Å². The van der Waals surface area contributed by atoms with E-state index in [2.05, 4.69) is 0 Å². The number of rotatable bonds is 3. The third-order valence-corrected chi connectivity index (χ3v) is 2.80. The molecule has 0 radical (unpaired) electrons. The van der Waals surface area contributed by atoms with Crippen LogP contribution in [0.2, 0.25) is 0 Å². The first-order chi connectivity index (χ1) is 7.34. The van der Waals surface area contributed by atoms with Gasteiger partial charge in [-0.1, -0.05) is 36.4 Å². The van der Waals surface area contributed by atoms with Crippen molar-refractivity contribution < 1.29 is 4.74 Å². The van der Waals surface area contributed by atoms with Gasteiger partial charge in [0.1, 0.15) is 0 Å². The van der Waals surface area contributed by atoms with Gasteiger partial charge in [-0.05, 0) is 11.4 Å². The van der Waals surface area contributed by atoms with Gasteiger partial charge in [0.25, 0.3) is 0 Å². The molecule has 76 valence electrons. The summed E-state index contributed by atoms with van der Waals surface area (Å²) < 4.78 is 0.959. The Balaban J connectivity index is 2.07. The minimum absolute atomic E-state index is 0.402.